The van der Waals surface area contributed by atoms with Gasteiger partial charge in [-0.05, 0) is 17.7 Å². The van der Waals surface area contributed by atoms with Crippen LogP contribution in [0.3, 0.4) is 0 Å². The van der Waals surface area contributed by atoms with E-state index in [2.05, 4.69) is 16.5 Å². The summed E-state index contributed by atoms with van der Waals surface area (Å²) in [6.45, 7) is 0. The number of fused-ring (bicyclic) bond motifs is 1. The summed E-state index contributed by atoms with van der Waals surface area (Å²) in [4.78, 5) is 15.3. The van der Waals surface area contributed by atoms with Gasteiger partial charge in [-0.2, -0.15) is 5.26 Å². The first kappa shape index (κ1) is 14.9. The molecule has 1 aliphatic carbocycles. The zero-order valence-corrected chi connectivity index (χ0v) is 12.2. The summed E-state index contributed by atoms with van der Waals surface area (Å²) in [7, 11) is 0. The number of hydrogen-bond acceptors (Lipinski definition) is 5. The van der Waals surface area contributed by atoms with Gasteiger partial charge in [0.15, 0.2) is 0 Å². The second-order valence-electron chi connectivity index (χ2n) is 4.85. The van der Waals surface area contributed by atoms with Crippen molar-refractivity contribution in [3.05, 3.63) is 79.2 Å². The molecule has 0 amide bonds. The van der Waals surface area contributed by atoms with Gasteiger partial charge in [0.05, 0.1) is 22.8 Å². The summed E-state index contributed by atoms with van der Waals surface area (Å²) >= 11 is 5.82. The van der Waals surface area contributed by atoms with E-state index in [9.17, 15) is 20.6 Å². The molecule has 8 nitrogen and oxygen atoms in total. The lowest BCUT2D eigenvalue weighted by atomic mass is 9.81. The Morgan fingerprint density at radius 1 is 1.43 bits per heavy atom. The van der Waals surface area contributed by atoms with Crippen molar-refractivity contribution < 1.29 is 14.8 Å². The first-order valence-electron chi connectivity index (χ1n) is 6.47. The van der Waals surface area contributed by atoms with Crippen LogP contribution in [0.1, 0.15) is 11.5 Å². The number of nitro groups is 1. The summed E-state index contributed by atoms with van der Waals surface area (Å²) in [5.41, 5.74) is 3.47. The van der Waals surface area contributed by atoms with Crippen LogP contribution in [-0.2, 0) is 4.94 Å². The topological polar surface area (TPSA) is 116 Å². The minimum Gasteiger partial charge on any atom is -0.567 e. The van der Waals surface area contributed by atoms with E-state index in [1.807, 2.05) is 0 Å². The molecule has 0 radical (unpaired) electrons. The quantitative estimate of drug-likeness (QED) is 0.479. The number of halogens is 1. The molecule has 2 unspecified atom stereocenters. The van der Waals surface area contributed by atoms with Crippen LogP contribution in [0.25, 0.3) is 5.48 Å². The van der Waals surface area contributed by atoms with Crippen LogP contribution in [-0.4, -0.2) is 15.5 Å². The van der Waals surface area contributed by atoms with Crippen LogP contribution >= 0.6 is 11.6 Å². The number of hydroxylamine groups is 1. The SMILES string of the molecule is N#CC(c1ccc(Cl)cc1)C1C=CC2=[N+]([O-])O[N-]C2=C1[N+](=O)[O-]. The molecule has 0 N–H and O–H groups in total. The second-order valence-corrected chi connectivity index (χ2v) is 5.29. The minimum absolute atomic E-state index is 0.0549. The fourth-order valence-electron chi connectivity index (χ4n) is 2.53. The smallest absolute Gasteiger partial charge is 0.258 e. The highest BCUT2D eigenvalue weighted by molar-refractivity contribution is 6.30. The summed E-state index contributed by atoms with van der Waals surface area (Å²) in [5, 5.41) is 32.8. The zero-order valence-electron chi connectivity index (χ0n) is 11.4. The van der Waals surface area contributed by atoms with E-state index in [-0.39, 0.29) is 22.0 Å². The number of hydrogen-bond donors (Lipinski definition) is 0. The number of nitrogens with zero attached hydrogens (tertiary/aromatic N) is 4. The number of allylic oxidation sites excluding steroid dienone is 2. The highest BCUT2D eigenvalue weighted by Crippen LogP contribution is 2.39. The van der Waals surface area contributed by atoms with Crippen molar-refractivity contribution in [2.75, 3.05) is 0 Å². The Kier molecular flexibility index (Phi) is 3.64. The number of benzene rings is 1. The molecule has 1 aromatic carbocycles. The second kappa shape index (κ2) is 5.62. The highest BCUT2D eigenvalue weighted by Gasteiger charge is 2.39. The Balaban J connectivity index is 2.08. The molecule has 2 atom stereocenters. The van der Waals surface area contributed by atoms with Crippen molar-refractivity contribution in [1.29, 1.82) is 5.26 Å². The first-order chi connectivity index (χ1) is 11.0. The van der Waals surface area contributed by atoms with E-state index in [1.54, 1.807) is 24.3 Å². The van der Waals surface area contributed by atoms with E-state index >= 15 is 0 Å². The third-order valence-corrected chi connectivity index (χ3v) is 3.84. The lowest BCUT2D eigenvalue weighted by Gasteiger charge is -2.23. The lowest BCUT2D eigenvalue weighted by Crippen LogP contribution is -2.24. The fraction of sp³-hybridized carbons (Fsp3) is 0.143. The third kappa shape index (κ3) is 2.47. The van der Waals surface area contributed by atoms with Crippen molar-refractivity contribution in [2.45, 2.75) is 5.92 Å². The van der Waals surface area contributed by atoms with Gasteiger partial charge in [-0.3, -0.25) is 15.3 Å². The molecule has 1 aliphatic heterocycles. The van der Waals surface area contributed by atoms with E-state index in [4.69, 9.17) is 11.6 Å². The number of rotatable bonds is 3. The molecule has 3 rings (SSSR count). The standard InChI is InChI=1S/C14H8ClN4O4/c15-9-3-1-8(2-4-9)11(7-16)10-5-6-12-13(14(10)18(20)21)17-23-19(12)22/h1-6,10-11H/q-1. The summed E-state index contributed by atoms with van der Waals surface area (Å²) in [6.07, 6.45) is 2.81. The molecule has 0 fully saturated rings. The number of nitriles is 1. The van der Waals surface area contributed by atoms with Gasteiger partial charge >= 0.3 is 0 Å². The highest BCUT2D eigenvalue weighted by atomic mass is 35.5. The van der Waals surface area contributed by atoms with E-state index in [0.717, 1.165) is 0 Å². The van der Waals surface area contributed by atoms with Gasteiger partial charge in [-0.1, -0.05) is 29.8 Å². The molecule has 0 saturated carbocycles. The van der Waals surface area contributed by atoms with Gasteiger partial charge in [0, 0.05) is 21.7 Å². The van der Waals surface area contributed by atoms with E-state index in [1.165, 1.54) is 12.2 Å². The maximum absolute atomic E-state index is 11.5. The largest absolute Gasteiger partial charge is 0.567 e. The Hall–Kier alpha value is -3.05. The first-order valence-corrected chi connectivity index (χ1v) is 6.85. The maximum Gasteiger partial charge on any atom is 0.258 e. The third-order valence-electron chi connectivity index (χ3n) is 3.59. The molecule has 0 aromatic heterocycles. The molecule has 0 saturated heterocycles. The summed E-state index contributed by atoms with van der Waals surface area (Å²) in [6, 6.07) is 8.54. The van der Waals surface area contributed by atoms with Crippen LogP contribution in [0.2, 0.25) is 5.02 Å². The van der Waals surface area contributed by atoms with Gasteiger partial charge in [-0.25, -0.2) is 0 Å². The van der Waals surface area contributed by atoms with Crippen LogP contribution in [0.4, 0.5) is 0 Å². The molecular formula is C14H8ClN4O4-. The minimum atomic E-state index is -0.867. The van der Waals surface area contributed by atoms with Crippen LogP contribution in [0.5, 0.6) is 0 Å². The lowest BCUT2D eigenvalue weighted by molar-refractivity contribution is -0.717. The average molecular weight is 332 g/mol. The molecule has 116 valence electrons. The van der Waals surface area contributed by atoms with Gasteiger partial charge in [0.2, 0.25) is 5.70 Å². The Morgan fingerprint density at radius 2 is 2.13 bits per heavy atom. The fourth-order valence-corrected chi connectivity index (χ4v) is 2.65. The molecule has 1 heterocycles. The maximum atomic E-state index is 11.5. The molecule has 23 heavy (non-hydrogen) atoms. The summed E-state index contributed by atoms with van der Waals surface area (Å²) in [5.74, 6) is -1.69. The van der Waals surface area contributed by atoms with Gasteiger partial charge in [-0.15, -0.1) is 0 Å². The van der Waals surface area contributed by atoms with Crippen LogP contribution in [0, 0.1) is 32.6 Å². The molecule has 0 spiro atoms. The average Bonchev–Trinajstić information content (AvgIpc) is 2.90. The summed E-state index contributed by atoms with van der Waals surface area (Å²) < 4.78 is 0. The predicted molar refractivity (Wildman–Crippen MR) is 79.5 cm³/mol. The van der Waals surface area contributed by atoms with E-state index < -0.39 is 16.8 Å². The van der Waals surface area contributed by atoms with Crippen molar-refractivity contribution in [2.24, 2.45) is 5.92 Å². The van der Waals surface area contributed by atoms with Gasteiger partial charge in [0.25, 0.3) is 5.71 Å². The van der Waals surface area contributed by atoms with Crippen LogP contribution in [0.15, 0.2) is 47.8 Å². The zero-order chi connectivity index (χ0) is 16.6. The van der Waals surface area contributed by atoms with Crippen molar-refractivity contribution in [3.63, 3.8) is 0 Å². The van der Waals surface area contributed by atoms with Crippen LogP contribution < -0.4 is 0 Å². The molecule has 9 heteroatoms. The molecule has 2 aliphatic rings. The van der Waals surface area contributed by atoms with Crippen molar-refractivity contribution in [3.8, 4) is 6.07 Å². The van der Waals surface area contributed by atoms with Gasteiger partial charge in [0.1, 0.15) is 0 Å². The van der Waals surface area contributed by atoms with Gasteiger partial charge < -0.3 is 10.4 Å². The predicted octanol–water partition coefficient (Wildman–Crippen LogP) is 2.81. The normalized spacial score (nSPS) is 20.4. The molecular weight excluding hydrogens is 324 g/mol. The Morgan fingerprint density at radius 3 is 2.74 bits per heavy atom. The molecule has 0 bridgehead atoms. The van der Waals surface area contributed by atoms with Crippen molar-refractivity contribution >= 4 is 17.3 Å². The van der Waals surface area contributed by atoms with E-state index in [0.29, 0.717) is 10.6 Å². The Bertz CT molecular complexity index is 807. The Labute approximate surface area is 135 Å². The monoisotopic (exact) mass is 331 g/mol. The van der Waals surface area contributed by atoms with Crippen molar-refractivity contribution in [1.82, 2.24) is 0 Å². The molecule has 1 aromatic rings.